The maximum absolute atomic E-state index is 4.60. The van der Waals surface area contributed by atoms with Gasteiger partial charge in [-0.05, 0) is 53.1 Å². The van der Waals surface area contributed by atoms with Gasteiger partial charge in [-0.1, -0.05) is 13.3 Å². The molecule has 2 rings (SSSR count). The van der Waals surface area contributed by atoms with Crippen molar-refractivity contribution in [2.45, 2.75) is 65.5 Å². The summed E-state index contributed by atoms with van der Waals surface area (Å²) in [5, 5.41) is 4.83. The van der Waals surface area contributed by atoms with E-state index in [2.05, 4.69) is 42.9 Å². The van der Waals surface area contributed by atoms with Crippen molar-refractivity contribution in [1.29, 1.82) is 0 Å². The molecule has 1 fully saturated rings. The third-order valence-corrected chi connectivity index (χ3v) is 5.53. The van der Waals surface area contributed by atoms with Crippen LogP contribution < -0.4 is 5.32 Å². The van der Waals surface area contributed by atoms with Crippen molar-refractivity contribution in [2.24, 2.45) is 0 Å². The molecule has 2 unspecified atom stereocenters. The average molecular weight is 295 g/mol. The molecule has 20 heavy (non-hydrogen) atoms. The summed E-state index contributed by atoms with van der Waals surface area (Å²) in [6.07, 6.45) is 5.21. The van der Waals surface area contributed by atoms with Crippen LogP contribution in [0.5, 0.6) is 0 Å². The summed E-state index contributed by atoms with van der Waals surface area (Å²) in [6, 6.07) is 1.18. The Balaban J connectivity index is 2.05. The van der Waals surface area contributed by atoms with E-state index in [1.807, 2.05) is 11.3 Å². The Morgan fingerprint density at radius 1 is 1.45 bits per heavy atom. The van der Waals surface area contributed by atoms with Gasteiger partial charge in [-0.2, -0.15) is 0 Å². The number of aryl methyl sites for hydroxylation is 2. The van der Waals surface area contributed by atoms with Crippen molar-refractivity contribution in [1.82, 2.24) is 15.2 Å². The molecule has 1 N–H and O–H groups in total. The van der Waals surface area contributed by atoms with E-state index in [0.717, 1.165) is 0 Å². The molecule has 2 atom stereocenters. The van der Waals surface area contributed by atoms with Gasteiger partial charge in [-0.15, -0.1) is 11.3 Å². The van der Waals surface area contributed by atoms with Gasteiger partial charge < -0.3 is 5.32 Å². The van der Waals surface area contributed by atoms with Crippen LogP contribution in [0.1, 0.15) is 61.2 Å². The minimum absolute atomic E-state index is 0.496. The van der Waals surface area contributed by atoms with Gasteiger partial charge >= 0.3 is 0 Å². The lowest BCUT2D eigenvalue weighted by molar-refractivity contribution is 0.191. The maximum Gasteiger partial charge on any atom is 0.0900 e. The first kappa shape index (κ1) is 15.9. The largest absolute Gasteiger partial charge is 0.313 e. The second-order valence-electron chi connectivity index (χ2n) is 6.00. The third kappa shape index (κ3) is 4.03. The van der Waals surface area contributed by atoms with Crippen LogP contribution in [0.25, 0.3) is 0 Å². The zero-order chi connectivity index (χ0) is 14.5. The van der Waals surface area contributed by atoms with Crippen molar-refractivity contribution in [2.75, 3.05) is 19.6 Å². The topological polar surface area (TPSA) is 28.2 Å². The van der Waals surface area contributed by atoms with E-state index in [-0.39, 0.29) is 0 Å². The molecule has 0 radical (unpaired) electrons. The Morgan fingerprint density at radius 2 is 2.25 bits per heavy atom. The number of nitrogens with one attached hydrogen (secondary N) is 1. The fourth-order valence-electron chi connectivity index (χ4n) is 3.10. The molecule has 0 amide bonds. The quantitative estimate of drug-likeness (QED) is 0.832. The molecule has 0 saturated carbocycles. The van der Waals surface area contributed by atoms with Crippen LogP contribution in [0.3, 0.4) is 0 Å². The summed E-state index contributed by atoms with van der Waals surface area (Å²) in [6.45, 7) is 12.5. The van der Waals surface area contributed by atoms with Crippen LogP contribution in [0.15, 0.2) is 0 Å². The maximum atomic E-state index is 4.60. The van der Waals surface area contributed by atoms with Crippen LogP contribution in [-0.2, 0) is 0 Å². The Bertz CT molecular complexity index is 410. The molecule has 0 aromatic carbocycles. The zero-order valence-electron chi connectivity index (χ0n) is 13.4. The number of unbranched alkanes of at least 4 members (excludes halogenated alkanes) is 1. The van der Waals surface area contributed by atoms with Gasteiger partial charge in [0, 0.05) is 23.5 Å². The molecule has 0 spiro atoms. The van der Waals surface area contributed by atoms with Gasteiger partial charge in [-0.25, -0.2) is 4.98 Å². The molecule has 1 aromatic heterocycles. The Labute approximate surface area is 127 Å². The zero-order valence-corrected chi connectivity index (χ0v) is 14.2. The fourth-order valence-corrected chi connectivity index (χ4v) is 4.11. The number of aromatic nitrogens is 1. The monoisotopic (exact) mass is 295 g/mol. The molecule has 1 aromatic rings. The predicted octanol–water partition coefficient (Wildman–Crippen LogP) is 3.68. The molecule has 0 aliphatic carbocycles. The Kier molecular flexibility index (Phi) is 6.00. The lowest BCUT2D eigenvalue weighted by Gasteiger charge is -2.31. The highest BCUT2D eigenvalue weighted by Gasteiger charge is 2.24. The second kappa shape index (κ2) is 7.53. The number of nitrogens with zero attached hydrogens (tertiary/aromatic N) is 2. The van der Waals surface area contributed by atoms with Crippen LogP contribution in [0.2, 0.25) is 0 Å². The van der Waals surface area contributed by atoms with Crippen molar-refractivity contribution < 1.29 is 0 Å². The number of hydrogen-bond donors (Lipinski definition) is 1. The third-order valence-electron chi connectivity index (χ3n) is 4.28. The van der Waals surface area contributed by atoms with E-state index in [1.165, 1.54) is 60.9 Å². The highest BCUT2D eigenvalue weighted by Crippen LogP contribution is 2.29. The summed E-state index contributed by atoms with van der Waals surface area (Å²) in [4.78, 5) is 8.72. The summed E-state index contributed by atoms with van der Waals surface area (Å²) in [5.74, 6) is 0. The van der Waals surface area contributed by atoms with Crippen LogP contribution in [0, 0.1) is 13.8 Å². The number of thiazole rings is 1. The molecule has 114 valence electrons. The molecule has 3 nitrogen and oxygen atoms in total. The molecule has 1 aliphatic rings. The van der Waals surface area contributed by atoms with Gasteiger partial charge in [-0.3, -0.25) is 4.90 Å². The van der Waals surface area contributed by atoms with Crippen molar-refractivity contribution in [3.8, 4) is 0 Å². The smallest absolute Gasteiger partial charge is 0.0900 e. The van der Waals surface area contributed by atoms with Crippen LogP contribution in [-0.4, -0.2) is 35.6 Å². The van der Waals surface area contributed by atoms with E-state index in [4.69, 9.17) is 0 Å². The van der Waals surface area contributed by atoms with E-state index < -0.39 is 0 Å². The minimum Gasteiger partial charge on any atom is -0.313 e. The van der Waals surface area contributed by atoms with E-state index in [9.17, 15) is 0 Å². The number of hydrogen-bond acceptors (Lipinski definition) is 4. The highest BCUT2D eigenvalue weighted by molar-refractivity contribution is 7.11. The molecule has 1 saturated heterocycles. The SMILES string of the molecule is CCCCN(CC1CCCN1)C(C)c1sc(C)nc1C. The van der Waals surface area contributed by atoms with Gasteiger partial charge in [0.15, 0.2) is 0 Å². The van der Waals surface area contributed by atoms with Gasteiger partial charge in [0.25, 0.3) is 0 Å². The molecule has 0 bridgehead atoms. The van der Waals surface area contributed by atoms with E-state index in [1.54, 1.807) is 0 Å². The van der Waals surface area contributed by atoms with Gasteiger partial charge in [0.2, 0.25) is 0 Å². The van der Waals surface area contributed by atoms with E-state index >= 15 is 0 Å². The van der Waals surface area contributed by atoms with Crippen molar-refractivity contribution >= 4 is 11.3 Å². The Morgan fingerprint density at radius 3 is 2.80 bits per heavy atom. The summed E-state index contributed by atoms with van der Waals surface area (Å²) >= 11 is 1.87. The first-order valence-corrected chi connectivity index (χ1v) is 8.84. The average Bonchev–Trinajstić information content (AvgIpc) is 3.03. The lowest BCUT2D eigenvalue weighted by Crippen LogP contribution is -2.39. The van der Waals surface area contributed by atoms with Crippen LogP contribution >= 0.6 is 11.3 Å². The molecular weight excluding hydrogens is 266 g/mol. The predicted molar refractivity (Wildman–Crippen MR) is 87.5 cm³/mol. The first-order chi connectivity index (χ1) is 9.61. The highest BCUT2D eigenvalue weighted by atomic mass is 32.1. The molecule has 1 aliphatic heterocycles. The van der Waals surface area contributed by atoms with Gasteiger partial charge in [0.1, 0.15) is 0 Å². The molecule has 2 heterocycles. The summed E-state index contributed by atoms with van der Waals surface area (Å²) < 4.78 is 0. The Hall–Kier alpha value is -0.450. The normalized spacial score (nSPS) is 20.8. The second-order valence-corrected chi connectivity index (χ2v) is 7.24. The van der Waals surface area contributed by atoms with E-state index in [0.29, 0.717) is 12.1 Å². The van der Waals surface area contributed by atoms with Crippen LogP contribution in [0.4, 0.5) is 0 Å². The number of rotatable bonds is 7. The standard InChI is InChI=1S/C16H29N3S/c1-5-6-10-19(11-15-8-7-9-17-15)13(3)16-12(2)18-14(4)20-16/h13,15,17H,5-11H2,1-4H3. The fraction of sp³-hybridized carbons (Fsp3) is 0.812. The first-order valence-electron chi connectivity index (χ1n) is 8.03. The minimum atomic E-state index is 0.496. The lowest BCUT2D eigenvalue weighted by atomic mass is 10.1. The summed E-state index contributed by atoms with van der Waals surface area (Å²) in [7, 11) is 0. The molecular formula is C16H29N3S. The van der Waals surface area contributed by atoms with Gasteiger partial charge in [0.05, 0.1) is 10.7 Å². The van der Waals surface area contributed by atoms with Crippen molar-refractivity contribution in [3.63, 3.8) is 0 Å². The summed E-state index contributed by atoms with van der Waals surface area (Å²) in [5.41, 5.74) is 1.22. The molecule has 4 heteroatoms. The van der Waals surface area contributed by atoms with Crippen molar-refractivity contribution in [3.05, 3.63) is 15.6 Å².